The Labute approximate surface area is 102 Å². The fourth-order valence-corrected chi connectivity index (χ4v) is 2.00. The van der Waals surface area contributed by atoms with Crippen LogP contribution >= 0.6 is 0 Å². The molecule has 1 N–H and O–H groups in total. The molecule has 2 atom stereocenters. The molecule has 0 aromatic heterocycles. The molecule has 2 unspecified atom stereocenters. The van der Waals surface area contributed by atoms with Crippen LogP contribution in [0.2, 0.25) is 0 Å². The summed E-state index contributed by atoms with van der Waals surface area (Å²) in [7, 11) is 1.62. The number of amides is 1. The van der Waals surface area contributed by atoms with Gasteiger partial charge in [0.1, 0.15) is 0 Å². The molecule has 17 heavy (non-hydrogen) atoms. The van der Waals surface area contributed by atoms with Crippen LogP contribution in [0.15, 0.2) is 0 Å². The molecule has 0 bridgehead atoms. The first kappa shape index (κ1) is 14.0. The lowest BCUT2D eigenvalue weighted by Gasteiger charge is -2.41. The zero-order valence-electron chi connectivity index (χ0n) is 10.7. The quantitative estimate of drug-likeness (QED) is 0.750. The molecule has 1 fully saturated rings. The number of carbonyl (C=O) groups is 2. The van der Waals surface area contributed by atoms with E-state index in [1.54, 1.807) is 18.9 Å². The number of hydrogen-bond donors (Lipinski definition) is 1. The molecule has 0 radical (unpaired) electrons. The van der Waals surface area contributed by atoms with Gasteiger partial charge in [-0.1, -0.05) is 13.8 Å². The Kier molecular flexibility index (Phi) is 4.93. The second-order valence-electron chi connectivity index (χ2n) is 4.95. The van der Waals surface area contributed by atoms with E-state index in [4.69, 9.17) is 9.84 Å². The summed E-state index contributed by atoms with van der Waals surface area (Å²) in [5.41, 5.74) is 0. The van der Waals surface area contributed by atoms with Crippen molar-refractivity contribution in [1.29, 1.82) is 0 Å². The highest BCUT2D eigenvalue weighted by Gasteiger charge is 2.37. The Morgan fingerprint density at radius 3 is 2.47 bits per heavy atom. The molecule has 0 spiro atoms. The van der Waals surface area contributed by atoms with Crippen LogP contribution in [0.5, 0.6) is 0 Å². The molecule has 1 rings (SSSR count). The Morgan fingerprint density at radius 2 is 2.00 bits per heavy atom. The molecule has 1 amide bonds. The van der Waals surface area contributed by atoms with Gasteiger partial charge < -0.3 is 14.7 Å². The first-order chi connectivity index (χ1) is 7.95. The number of aliphatic carboxylic acids is 1. The summed E-state index contributed by atoms with van der Waals surface area (Å²) in [6.45, 7) is 5.40. The summed E-state index contributed by atoms with van der Waals surface area (Å²) >= 11 is 0. The Hall–Kier alpha value is -1.10. The van der Waals surface area contributed by atoms with Gasteiger partial charge >= 0.3 is 5.97 Å². The average Bonchev–Trinajstić information content (AvgIpc) is 2.14. The second-order valence-corrected chi connectivity index (χ2v) is 4.95. The summed E-state index contributed by atoms with van der Waals surface area (Å²) in [5.74, 6) is -0.730. The molecule has 98 valence electrons. The summed E-state index contributed by atoms with van der Waals surface area (Å²) < 4.78 is 4.98. The van der Waals surface area contributed by atoms with Crippen LogP contribution in [0, 0.1) is 17.8 Å². The van der Waals surface area contributed by atoms with Gasteiger partial charge in [0.2, 0.25) is 5.91 Å². The monoisotopic (exact) mass is 243 g/mol. The maximum Gasteiger partial charge on any atom is 0.306 e. The number of hydrogen-bond acceptors (Lipinski definition) is 3. The maximum atomic E-state index is 11.8. The fraction of sp³-hybridized carbons (Fsp3) is 0.833. The molecule has 1 heterocycles. The topological polar surface area (TPSA) is 66.8 Å². The van der Waals surface area contributed by atoms with Crippen molar-refractivity contribution < 1.29 is 19.4 Å². The average molecular weight is 243 g/mol. The van der Waals surface area contributed by atoms with E-state index in [9.17, 15) is 9.59 Å². The Bertz CT molecular complexity index is 286. The van der Waals surface area contributed by atoms with Crippen LogP contribution in [0.25, 0.3) is 0 Å². The third kappa shape index (κ3) is 3.70. The highest BCUT2D eigenvalue weighted by atomic mass is 16.5. The van der Waals surface area contributed by atoms with Crippen LogP contribution in [-0.2, 0) is 14.3 Å². The highest BCUT2D eigenvalue weighted by molar-refractivity contribution is 5.78. The SMILES string of the molecule is COCC(C)CC(=O)N1CC(C(C)C(=O)O)C1. The number of nitrogens with zero attached hydrogens (tertiary/aromatic N) is 1. The first-order valence-corrected chi connectivity index (χ1v) is 5.95. The predicted molar refractivity (Wildman–Crippen MR) is 62.5 cm³/mol. The fourth-order valence-electron chi connectivity index (χ4n) is 2.00. The smallest absolute Gasteiger partial charge is 0.306 e. The molecular weight excluding hydrogens is 222 g/mol. The summed E-state index contributed by atoms with van der Waals surface area (Å²) in [5, 5.41) is 8.84. The van der Waals surface area contributed by atoms with Crippen molar-refractivity contribution in [2.75, 3.05) is 26.8 Å². The Morgan fingerprint density at radius 1 is 1.41 bits per heavy atom. The second kappa shape index (κ2) is 6.00. The van der Waals surface area contributed by atoms with Crippen molar-refractivity contribution in [2.24, 2.45) is 17.8 Å². The number of carbonyl (C=O) groups excluding carboxylic acids is 1. The number of rotatable bonds is 6. The minimum absolute atomic E-state index is 0.100. The van der Waals surface area contributed by atoms with E-state index >= 15 is 0 Å². The van der Waals surface area contributed by atoms with Crippen LogP contribution in [0.3, 0.4) is 0 Å². The van der Waals surface area contributed by atoms with Crippen molar-refractivity contribution in [3.8, 4) is 0 Å². The highest BCUT2D eigenvalue weighted by Crippen LogP contribution is 2.25. The summed E-state index contributed by atoms with van der Waals surface area (Å²) in [4.78, 5) is 24.3. The van der Waals surface area contributed by atoms with E-state index in [2.05, 4.69) is 0 Å². The number of carboxylic acid groups (broad SMARTS) is 1. The normalized spacial score (nSPS) is 19.6. The van der Waals surface area contributed by atoms with E-state index in [0.29, 0.717) is 26.1 Å². The van der Waals surface area contributed by atoms with Gasteiger partial charge in [-0.15, -0.1) is 0 Å². The lowest BCUT2D eigenvalue weighted by molar-refractivity contribution is -0.151. The van der Waals surface area contributed by atoms with Crippen LogP contribution < -0.4 is 0 Å². The molecule has 0 aliphatic carbocycles. The number of ether oxygens (including phenoxy) is 1. The van der Waals surface area contributed by atoms with E-state index in [1.807, 2.05) is 6.92 Å². The molecule has 1 saturated heterocycles. The van der Waals surface area contributed by atoms with Gasteiger partial charge in [-0.05, 0) is 5.92 Å². The molecule has 5 heteroatoms. The predicted octanol–water partition coefficient (Wildman–Crippen LogP) is 0.838. The number of methoxy groups -OCH3 is 1. The number of likely N-dealkylation sites (tertiary alicyclic amines) is 1. The molecule has 5 nitrogen and oxygen atoms in total. The lowest BCUT2D eigenvalue weighted by atomic mass is 9.86. The Balaban J connectivity index is 2.28. The van der Waals surface area contributed by atoms with Crippen molar-refractivity contribution in [3.63, 3.8) is 0 Å². The van der Waals surface area contributed by atoms with Crippen LogP contribution in [0.4, 0.5) is 0 Å². The van der Waals surface area contributed by atoms with E-state index < -0.39 is 5.97 Å². The minimum Gasteiger partial charge on any atom is -0.481 e. The van der Waals surface area contributed by atoms with Crippen LogP contribution in [0.1, 0.15) is 20.3 Å². The molecule has 0 aromatic rings. The molecular formula is C12H21NO4. The van der Waals surface area contributed by atoms with Gasteiger partial charge in [0, 0.05) is 39.1 Å². The van der Waals surface area contributed by atoms with Gasteiger partial charge in [-0.2, -0.15) is 0 Å². The number of carboxylic acids is 1. The van der Waals surface area contributed by atoms with Crippen molar-refractivity contribution in [1.82, 2.24) is 4.90 Å². The van der Waals surface area contributed by atoms with E-state index in [0.717, 1.165) is 0 Å². The van der Waals surface area contributed by atoms with Gasteiger partial charge in [0.15, 0.2) is 0 Å². The van der Waals surface area contributed by atoms with E-state index in [-0.39, 0.29) is 23.7 Å². The van der Waals surface area contributed by atoms with Crippen LogP contribution in [-0.4, -0.2) is 48.7 Å². The minimum atomic E-state index is -0.783. The largest absolute Gasteiger partial charge is 0.481 e. The molecule has 0 saturated carbocycles. The summed E-state index contributed by atoms with van der Waals surface area (Å²) in [6, 6.07) is 0. The molecule has 1 aliphatic heterocycles. The molecule has 1 aliphatic rings. The van der Waals surface area contributed by atoms with Gasteiger partial charge in [-0.3, -0.25) is 9.59 Å². The van der Waals surface area contributed by atoms with Gasteiger partial charge in [0.05, 0.1) is 5.92 Å². The van der Waals surface area contributed by atoms with Crippen molar-refractivity contribution in [2.45, 2.75) is 20.3 Å². The lowest BCUT2D eigenvalue weighted by Crippen LogP contribution is -2.53. The van der Waals surface area contributed by atoms with E-state index in [1.165, 1.54) is 0 Å². The zero-order chi connectivity index (χ0) is 13.0. The van der Waals surface area contributed by atoms with Gasteiger partial charge in [-0.25, -0.2) is 0 Å². The summed E-state index contributed by atoms with van der Waals surface area (Å²) in [6.07, 6.45) is 0.474. The van der Waals surface area contributed by atoms with Crippen molar-refractivity contribution >= 4 is 11.9 Å². The molecule has 0 aromatic carbocycles. The third-order valence-corrected chi connectivity index (χ3v) is 3.33. The third-order valence-electron chi connectivity index (χ3n) is 3.33. The van der Waals surface area contributed by atoms with Gasteiger partial charge in [0.25, 0.3) is 0 Å². The van der Waals surface area contributed by atoms with Crippen molar-refractivity contribution in [3.05, 3.63) is 0 Å². The zero-order valence-corrected chi connectivity index (χ0v) is 10.7. The first-order valence-electron chi connectivity index (χ1n) is 5.95. The maximum absolute atomic E-state index is 11.8. The standard InChI is InChI=1S/C12H21NO4/c1-8(7-17-3)4-11(14)13-5-10(6-13)9(2)12(15)16/h8-10H,4-7H2,1-3H3,(H,15,16).